The Labute approximate surface area is 75.5 Å². The highest BCUT2D eigenvalue weighted by Gasteiger charge is 1.87. The minimum atomic E-state index is 0.166. The molecule has 0 unspecified atom stereocenters. The second-order valence-electron chi connectivity index (χ2n) is 1.99. The van der Waals surface area contributed by atoms with Gasteiger partial charge in [-0.1, -0.05) is 18.2 Å². The minimum absolute atomic E-state index is 0.166. The highest BCUT2D eigenvalue weighted by atomic mass is 32.1. The van der Waals surface area contributed by atoms with Crippen LogP contribution in [0, 0.1) is 0 Å². The number of hydrogen-bond donors (Lipinski definition) is 2. The smallest absolute Gasteiger partial charge is 0.227 e. The molecule has 62 valence electrons. The molecule has 0 heterocycles. The normalized spacial score (nSPS) is 10.1. The molecule has 5 heteroatoms. The maximum Gasteiger partial charge on any atom is 0.227 e. The fourth-order valence-electron chi connectivity index (χ4n) is 0.627. The lowest BCUT2D eigenvalue weighted by molar-refractivity contribution is 1.02. The highest BCUT2D eigenvalue weighted by molar-refractivity contribution is 7.80. The van der Waals surface area contributed by atoms with Crippen molar-refractivity contribution in [3.63, 3.8) is 0 Å². The van der Waals surface area contributed by atoms with E-state index in [4.69, 9.17) is 5.84 Å². The van der Waals surface area contributed by atoms with Crippen LogP contribution in [0.1, 0.15) is 0 Å². The van der Waals surface area contributed by atoms with Gasteiger partial charge < -0.3 is 0 Å². The highest BCUT2D eigenvalue weighted by Crippen LogP contribution is 2.09. The van der Waals surface area contributed by atoms with Gasteiger partial charge in [-0.15, -0.1) is 10.2 Å². The summed E-state index contributed by atoms with van der Waals surface area (Å²) in [4.78, 5) is 0. The zero-order chi connectivity index (χ0) is 8.81. The van der Waals surface area contributed by atoms with Crippen LogP contribution in [0.3, 0.4) is 0 Å². The van der Waals surface area contributed by atoms with Crippen molar-refractivity contribution in [3.05, 3.63) is 30.3 Å². The number of benzene rings is 1. The summed E-state index contributed by atoms with van der Waals surface area (Å²) in [6.45, 7) is 0. The van der Waals surface area contributed by atoms with Crippen LogP contribution in [0.4, 0.5) is 5.69 Å². The van der Waals surface area contributed by atoms with E-state index in [0.29, 0.717) is 0 Å². The van der Waals surface area contributed by atoms with E-state index in [2.05, 4.69) is 27.9 Å². The quantitative estimate of drug-likeness (QED) is 0.298. The van der Waals surface area contributed by atoms with Crippen molar-refractivity contribution in [1.82, 2.24) is 5.43 Å². The summed E-state index contributed by atoms with van der Waals surface area (Å²) in [6, 6.07) is 9.28. The summed E-state index contributed by atoms with van der Waals surface area (Å²) in [5, 5.41) is 7.62. The molecule has 0 fully saturated rings. The van der Waals surface area contributed by atoms with Gasteiger partial charge in [-0.05, 0) is 24.4 Å². The Hall–Kier alpha value is -1.33. The van der Waals surface area contributed by atoms with E-state index in [0.717, 1.165) is 5.69 Å². The number of nitrogens with two attached hydrogens (primary N) is 1. The van der Waals surface area contributed by atoms with Crippen molar-refractivity contribution in [1.29, 1.82) is 0 Å². The van der Waals surface area contributed by atoms with Crippen molar-refractivity contribution in [2.75, 3.05) is 0 Å². The third-order valence-corrected chi connectivity index (χ3v) is 1.34. The lowest BCUT2D eigenvalue weighted by Crippen LogP contribution is -2.26. The Balaban J connectivity index is 2.64. The van der Waals surface area contributed by atoms with Gasteiger partial charge in [0.15, 0.2) is 0 Å². The molecule has 0 aliphatic carbocycles. The molecular formula is C7H8N4S. The molecule has 1 rings (SSSR count). The van der Waals surface area contributed by atoms with Gasteiger partial charge in [-0.2, -0.15) is 0 Å². The van der Waals surface area contributed by atoms with Crippen LogP contribution in [-0.4, -0.2) is 5.11 Å². The number of rotatable bonds is 1. The SMILES string of the molecule is NNC(=S)N=Nc1ccccc1. The first-order valence-corrected chi connectivity index (χ1v) is 3.71. The molecule has 0 bridgehead atoms. The molecule has 0 amide bonds. The maximum atomic E-state index is 4.99. The zero-order valence-corrected chi connectivity index (χ0v) is 7.08. The molecule has 0 spiro atoms. The molecule has 0 aliphatic heterocycles. The van der Waals surface area contributed by atoms with Crippen molar-refractivity contribution in [2.24, 2.45) is 16.1 Å². The Bertz CT molecular complexity index is 283. The van der Waals surface area contributed by atoms with Crippen LogP contribution in [0.25, 0.3) is 0 Å². The molecule has 0 saturated heterocycles. The van der Waals surface area contributed by atoms with Gasteiger partial charge >= 0.3 is 0 Å². The molecular weight excluding hydrogens is 172 g/mol. The minimum Gasteiger partial charge on any atom is -0.298 e. The molecule has 0 aliphatic rings. The van der Waals surface area contributed by atoms with Gasteiger partial charge in [0, 0.05) is 0 Å². The average Bonchev–Trinajstić information content (AvgIpc) is 2.16. The van der Waals surface area contributed by atoms with Crippen molar-refractivity contribution >= 4 is 23.0 Å². The Kier molecular flexibility index (Phi) is 3.31. The van der Waals surface area contributed by atoms with E-state index in [-0.39, 0.29) is 5.11 Å². The molecule has 12 heavy (non-hydrogen) atoms. The molecule has 3 N–H and O–H groups in total. The largest absolute Gasteiger partial charge is 0.298 e. The summed E-state index contributed by atoms with van der Waals surface area (Å²) in [5.41, 5.74) is 2.95. The second kappa shape index (κ2) is 4.53. The lowest BCUT2D eigenvalue weighted by atomic mass is 10.3. The van der Waals surface area contributed by atoms with Crippen molar-refractivity contribution < 1.29 is 0 Å². The van der Waals surface area contributed by atoms with Gasteiger partial charge in [-0.25, -0.2) is 5.84 Å². The average molecular weight is 180 g/mol. The monoisotopic (exact) mass is 180 g/mol. The second-order valence-corrected chi connectivity index (χ2v) is 2.37. The van der Waals surface area contributed by atoms with E-state index in [1.165, 1.54) is 0 Å². The summed E-state index contributed by atoms with van der Waals surface area (Å²) < 4.78 is 0. The number of hydrogen-bond acceptors (Lipinski definition) is 3. The van der Waals surface area contributed by atoms with Gasteiger partial charge in [0.25, 0.3) is 0 Å². The number of hydrazine groups is 1. The van der Waals surface area contributed by atoms with E-state index < -0.39 is 0 Å². The first kappa shape index (κ1) is 8.76. The van der Waals surface area contributed by atoms with Gasteiger partial charge in [0.05, 0.1) is 5.69 Å². The first-order chi connectivity index (χ1) is 5.83. The van der Waals surface area contributed by atoms with E-state index in [9.17, 15) is 0 Å². The Morgan fingerprint density at radius 2 is 2.00 bits per heavy atom. The van der Waals surface area contributed by atoms with E-state index in [1.807, 2.05) is 30.3 Å². The van der Waals surface area contributed by atoms with Gasteiger partial charge in [0.1, 0.15) is 0 Å². The number of nitrogens with zero attached hydrogens (tertiary/aromatic N) is 2. The van der Waals surface area contributed by atoms with Gasteiger partial charge in [0.2, 0.25) is 5.11 Å². The number of azo groups is 1. The summed E-state index contributed by atoms with van der Waals surface area (Å²) >= 11 is 4.66. The zero-order valence-electron chi connectivity index (χ0n) is 6.27. The number of nitrogens with one attached hydrogen (secondary N) is 1. The van der Waals surface area contributed by atoms with Crippen LogP contribution in [-0.2, 0) is 0 Å². The Morgan fingerprint density at radius 1 is 1.33 bits per heavy atom. The summed E-state index contributed by atoms with van der Waals surface area (Å²) in [5.74, 6) is 4.99. The lowest BCUT2D eigenvalue weighted by Gasteiger charge is -1.91. The van der Waals surface area contributed by atoms with E-state index >= 15 is 0 Å². The molecule has 0 saturated carbocycles. The van der Waals surface area contributed by atoms with Crippen LogP contribution in [0.15, 0.2) is 40.6 Å². The number of thiocarbonyl (C=S) groups is 1. The van der Waals surface area contributed by atoms with Crippen molar-refractivity contribution in [2.45, 2.75) is 0 Å². The van der Waals surface area contributed by atoms with E-state index in [1.54, 1.807) is 0 Å². The topological polar surface area (TPSA) is 62.8 Å². The molecule has 1 aromatic rings. The summed E-state index contributed by atoms with van der Waals surface area (Å²) in [6.07, 6.45) is 0. The van der Waals surface area contributed by atoms with Crippen LogP contribution in [0.2, 0.25) is 0 Å². The van der Waals surface area contributed by atoms with Crippen LogP contribution in [0.5, 0.6) is 0 Å². The third kappa shape index (κ3) is 2.73. The van der Waals surface area contributed by atoms with Crippen molar-refractivity contribution in [3.8, 4) is 0 Å². The molecule has 4 nitrogen and oxygen atoms in total. The predicted octanol–water partition coefficient (Wildman–Crippen LogP) is 1.52. The molecule has 0 aromatic heterocycles. The molecule has 0 atom stereocenters. The maximum absolute atomic E-state index is 4.99. The first-order valence-electron chi connectivity index (χ1n) is 3.30. The standard InChI is InChI=1S/C7H8N4S/c8-9-7(12)11-10-6-4-2-1-3-5-6/h1-5H,8H2,(H,9,12). The van der Waals surface area contributed by atoms with Crippen LogP contribution < -0.4 is 11.3 Å². The predicted molar refractivity (Wildman–Crippen MR) is 50.9 cm³/mol. The summed E-state index contributed by atoms with van der Waals surface area (Å²) in [7, 11) is 0. The third-order valence-electron chi connectivity index (χ3n) is 1.14. The van der Waals surface area contributed by atoms with Crippen LogP contribution >= 0.6 is 12.2 Å². The fourth-order valence-corrected chi connectivity index (χ4v) is 0.668. The van der Waals surface area contributed by atoms with Gasteiger partial charge in [-0.3, -0.25) is 5.43 Å². The fraction of sp³-hybridized carbons (Fsp3) is 0. The molecule has 0 radical (unpaired) electrons. The molecule has 1 aromatic carbocycles. The Morgan fingerprint density at radius 3 is 2.58 bits per heavy atom.